The molecule has 0 aliphatic carbocycles. The van der Waals surface area contributed by atoms with Crippen LogP contribution in [0.15, 0.2) is 28.7 Å². The fourth-order valence-electron chi connectivity index (χ4n) is 2.15. The number of rotatable bonds is 2. The monoisotopic (exact) mass is 311 g/mol. The molecular weight excluding hydrogens is 298 g/mol. The Hall–Kier alpha value is -1.36. The van der Waals surface area contributed by atoms with Crippen LogP contribution in [0, 0.1) is 0 Å². The Labute approximate surface area is 114 Å². The van der Waals surface area contributed by atoms with Crippen molar-refractivity contribution in [1.82, 2.24) is 4.90 Å². The second-order valence-electron chi connectivity index (χ2n) is 4.19. The molecule has 0 bridgehead atoms. The summed E-state index contributed by atoms with van der Waals surface area (Å²) in [4.78, 5) is 25.5. The number of methoxy groups -OCH3 is 1. The Balaban J connectivity index is 2.17. The number of nitrogens with zero attached hydrogens (tertiary/aromatic N) is 1. The Morgan fingerprint density at radius 1 is 1.33 bits per heavy atom. The zero-order valence-corrected chi connectivity index (χ0v) is 11.6. The van der Waals surface area contributed by atoms with Gasteiger partial charge < -0.3 is 9.64 Å². The first kappa shape index (κ1) is 13.1. The molecular formula is C13H14BrNO3. The molecule has 0 spiro atoms. The van der Waals surface area contributed by atoms with Crippen LogP contribution in [0.2, 0.25) is 0 Å². The van der Waals surface area contributed by atoms with Gasteiger partial charge in [-0.2, -0.15) is 0 Å². The smallest absolute Gasteiger partial charge is 0.328 e. The van der Waals surface area contributed by atoms with Crippen LogP contribution in [0.3, 0.4) is 0 Å². The van der Waals surface area contributed by atoms with Gasteiger partial charge in [0.15, 0.2) is 0 Å². The van der Waals surface area contributed by atoms with E-state index in [9.17, 15) is 9.59 Å². The summed E-state index contributed by atoms with van der Waals surface area (Å²) in [6, 6.07) is 6.69. The molecule has 1 aromatic rings. The maximum absolute atomic E-state index is 12.3. The summed E-state index contributed by atoms with van der Waals surface area (Å²) in [6.45, 7) is 0.606. The second-order valence-corrected chi connectivity index (χ2v) is 5.10. The normalized spacial score (nSPS) is 18.8. The number of hydrogen-bond donors (Lipinski definition) is 0. The molecule has 1 aliphatic heterocycles. The van der Waals surface area contributed by atoms with Crippen molar-refractivity contribution in [2.45, 2.75) is 18.9 Å². The maximum atomic E-state index is 12.3. The van der Waals surface area contributed by atoms with E-state index in [1.165, 1.54) is 7.11 Å². The molecule has 1 aromatic carbocycles. The highest BCUT2D eigenvalue weighted by atomic mass is 79.9. The Kier molecular flexibility index (Phi) is 4.01. The van der Waals surface area contributed by atoms with E-state index in [0.29, 0.717) is 18.5 Å². The van der Waals surface area contributed by atoms with E-state index in [-0.39, 0.29) is 11.9 Å². The molecule has 1 fully saturated rings. The summed E-state index contributed by atoms with van der Waals surface area (Å²) in [6.07, 6.45) is 1.51. The largest absolute Gasteiger partial charge is 0.467 e. The number of esters is 1. The molecule has 1 saturated heterocycles. The molecule has 1 unspecified atom stereocenters. The zero-order valence-electron chi connectivity index (χ0n) is 10.1. The summed E-state index contributed by atoms with van der Waals surface area (Å²) >= 11 is 3.33. The van der Waals surface area contributed by atoms with E-state index in [1.54, 1.807) is 17.0 Å². The molecule has 5 heteroatoms. The minimum absolute atomic E-state index is 0.115. The van der Waals surface area contributed by atoms with Gasteiger partial charge in [-0.3, -0.25) is 4.79 Å². The molecule has 0 radical (unpaired) electrons. The van der Waals surface area contributed by atoms with Crippen LogP contribution in [0.4, 0.5) is 0 Å². The number of likely N-dealkylation sites (tertiary alicyclic amines) is 1. The predicted octanol–water partition coefficient (Wildman–Crippen LogP) is 2.23. The highest BCUT2D eigenvalue weighted by molar-refractivity contribution is 9.10. The quantitative estimate of drug-likeness (QED) is 0.787. The summed E-state index contributed by atoms with van der Waals surface area (Å²) in [5, 5.41) is 0. The van der Waals surface area contributed by atoms with Crippen molar-refractivity contribution < 1.29 is 14.3 Å². The molecule has 1 amide bonds. The summed E-state index contributed by atoms with van der Waals surface area (Å²) < 4.78 is 5.65. The van der Waals surface area contributed by atoms with E-state index in [1.807, 2.05) is 12.1 Å². The molecule has 0 saturated carbocycles. The lowest BCUT2D eigenvalue weighted by Crippen LogP contribution is -2.41. The highest BCUT2D eigenvalue weighted by Gasteiger charge is 2.35. The van der Waals surface area contributed by atoms with E-state index < -0.39 is 6.04 Å². The second kappa shape index (κ2) is 5.52. The van der Waals surface area contributed by atoms with Crippen LogP contribution in [0.25, 0.3) is 0 Å². The lowest BCUT2D eigenvalue weighted by molar-refractivity contribution is -0.145. The summed E-state index contributed by atoms with van der Waals surface area (Å²) in [5.74, 6) is -0.451. The maximum Gasteiger partial charge on any atom is 0.328 e. The third kappa shape index (κ3) is 2.56. The molecule has 4 nitrogen and oxygen atoms in total. The zero-order chi connectivity index (χ0) is 13.1. The van der Waals surface area contributed by atoms with Gasteiger partial charge in [0.2, 0.25) is 0 Å². The standard InChI is InChI=1S/C13H14BrNO3/c1-18-13(17)11-3-2-8-15(11)12(16)9-4-6-10(14)7-5-9/h4-7,11H,2-3,8H2,1H3. The fraction of sp³-hybridized carbons (Fsp3) is 0.385. The van der Waals surface area contributed by atoms with Gasteiger partial charge >= 0.3 is 5.97 Å². The van der Waals surface area contributed by atoms with Gasteiger partial charge in [0.1, 0.15) is 6.04 Å². The van der Waals surface area contributed by atoms with Gasteiger partial charge in [0.25, 0.3) is 5.91 Å². The molecule has 1 atom stereocenters. The van der Waals surface area contributed by atoms with Gasteiger partial charge in [-0.05, 0) is 37.1 Å². The Bertz CT molecular complexity index is 458. The molecule has 1 heterocycles. The van der Waals surface area contributed by atoms with Crippen LogP contribution < -0.4 is 0 Å². The van der Waals surface area contributed by atoms with Gasteiger partial charge in [-0.15, -0.1) is 0 Å². The van der Waals surface area contributed by atoms with Crippen molar-refractivity contribution in [1.29, 1.82) is 0 Å². The van der Waals surface area contributed by atoms with Gasteiger partial charge in [-0.25, -0.2) is 4.79 Å². The van der Waals surface area contributed by atoms with Crippen LogP contribution >= 0.6 is 15.9 Å². The molecule has 0 N–H and O–H groups in total. The number of carbonyl (C=O) groups excluding carboxylic acids is 2. The first-order chi connectivity index (χ1) is 8.63. The number of halogens is 1. The van der Waals surface area contributed by atoms with E-state index in [0.717, 1.165) is 10.9 Å². The number of amides is 1. The van der Waals surface area contributed by atoms with Crippen molar-refractivity contribution in [3.63, 3.8) is 0 Å². The summed E-state index contributed by atoms with van der Waals surface area (Å²) in [7, 11) is 1.35. The lowest BCUT2D eigenvalue weighted by Gasteiger charge is -2.22. The number of hydrogen-bond acceptors (Lipinski definition) is 3. The minimum atomic E-state index is -0.439. The third-order valence-electron chi connectivity index (χ3n) is 3.08. The molecule has 18 heavy (non-hydrogen) atoms. The lowest BCUT2D eigenvalue weighted by atomic mass is 10.1. The molecule has 0 aromatic heterocycles. The first-order valence-electron chi connectivity index (χ1n) is 5.78. The Morgan fingerprint density at radius 3 is 2.61 bits per heavy atom. The first-order valence-corrected chi connectivity index (χ1v) is 6.57. The molecule has 1 aliphatic rings. The topological polar surface area (TPSA) is 46.6 Å². The highest BCUT2D eigenvalue weighted by Crippen LogP contribution is 2.21. The summed E-state index contributed by atoms with van der Waals surface area (Å²) in [5.41, 5.74) is 0.592. The van der Waals surface area contributed by atoms with Crippen molar-refractivity contribution in [2.24, 2.45) is 0 Å². The molecule has 2 rings (SSSR count). The van der Waals surface area contributed by atoms with Gasteiger partial charge in [-0.1, -0.05) is 15.9 Å². The van der Waals surface area contributed by atoms with Gasteiger partial charge in [0, 0.05) is 16.6 Å². The number of ether oxygens (including phenoxy) is 1. The van der Waals surface area contributed by atoms with Crippen molar-refractivity contribution in [2.75, 3.05) is 13.7 Å². The van der Waals surface area contributed by atoms with Crippen molar-refractivity contribution in [3.05, 3.63) is 34.3 Å². The van der Waals surface area contributed by atoms with Crippen LogP contribution in [0.1, 0.15) is 23.2 Å². The third-order valence-corrected chi connectivity index (χ3v) is 3.61. The van der Waals surface area contributed by atoms with Gasteiger partial charge in [0.05, 0.1) is 7.11 Å². The van der Waals surface area contributed by atoms with Crippen LogP contribution in [-0.2, 0) is 9.53 Å². The average Bonchev–Trinajstić information content (AvgIpc) is 2.87. The average molecular weight is 312 g/mol. The predicted molar refractivity (Wildman–Crippen MR) is 70.2 cm³/mol. The van der Waals surface area contributed by atoms with Crippen LogP contribution in [0.5, 0.6) is 0 Å². The SMILES string of the molecule is COC(=O)C1CCCN1C(=O)c1ccc(Br)cc1. The molecule has 96 valence electrons. The van der Waals surface area contributed by atoms with Crippen molar-refractivity contribution in [3.8, 4) is 0 Å². The van der Waals surface area contributed by atoms with E-state index in [4.69, 9.17) is 4.74 Å². The number of carbonyl (C=O) groups is 2. The Morgan fingerprint density at radius 2 is 2.00 bits per heavy atom. The minimum Gasteiger partial charge on any atom is -0.467 e. The van der Waals surface area contributed by atoms with Crippen LogP contribution in [-0.4, -0.2) is 36.5 Å². The van der Waals surface area contributed by atoms with Crippen molar-refractivity contribution >= 4 is 27.8 Å². The van der Waals surface area contributed by atoms with E-state index >= 15 is 0 Å². The fourth-order valence-corrected chi connectivity index (χ4v) is 2.41. The van der Waals surface area contributed by atoms with E-state index in [2.05, 4.69) is 15.9 Å². The number of benzene rings is 1.